The van der Waals surface area contributed by atoms with Crippen molar-refractivity contribution in [1.29, 1.82) is 0 Å². The summed E-state index contributed by atoms with van der Waals surface area (Å²) in [4.78, 5) is 8.03. The summed E-state index contributed by atoms with van der Waals surface area (Å²) >= 11 is 0. The number of benzene rings is 1. The Labute approximate surface area is 114 Å². The minimum Gasteiger partial charge on any atom is -0.370 e. The molecule has 0 aliphatic rings. The zero-order valence-electron chi connectivity index (χ0n) is 11.2. The largest absolute Gasteiger partial charge is 0.370 e. The van der Waals surface area contributed by atoms with Gasteiger partial charge in [0.05, 0.1) is 5.69 Å². The molecule has 106 valence electrons. The second-order valence-electron chi connectivity index (χ2n) is 4.35. The highest BCUT2D eigenvalue weighted by molar-refractivity contribution is 5.68. The fourth-order valence-electron chi connectivity index (χ4n) is 1.85. The van der Waals surface area contributed by atoms with Gasteiger partial charge in [-0.1, -0.05) is 6.92 Å². The Morgan fingerprint density at radius 3 is 2.55 bits per heavy atom. The van der Waals surface area contributed by atoms with E-state index in [9.17, 15) is 13.2 Å². The SMILES string of the molecule is CCCNc1ncnc(-c2ccc(F)c(F)c2F)c1C. The fraction of sp³-hybridized carbons (Fsp3) is 0.286. The summed E-state index contributed by atoms with van der Waals surface area (Å²) in [6, 6.07) is 2.06. The molecule has 1 heterocycles. The Morgan fingerprint density at radius 2 is 1.85 bits per heavy atom. The molecule has 0 saturated carbocycles. The van der Waals surface area contributed by atoms with E-state index < -0.39 is 17.5 Å². The van der Waals surface area contributed by atoms with Crippen LogP contribution >= 0.6 is 0 Å². The summed E-state index contributed by atoms with van der Waals surface area (Å²) in [5.74, 6) is -3.40. The van der Waals surface area contributed by atoms with Crippen LogP contribution in [0.5, 0.6) is 0 Å². The smallest absolute Gasteiger partial charge is 0.195 e. The summed E-state index contributed by atoms with van der Waals surface area (Å²) in [6.45, 7) is 4.41. The molecule has 20 heavy (non-hydrogen) atoms. The lowest BCUT2D eigenvalue weighted by Gasteiger charge is -2.11. The minimum absolute atomic E-state index is 0.0802. The van der Waals surface area contributed by atoms with Crippen molar-refractivity contribution in [2.24, 2.45) is 0 Å². The lowest BCUT2D eigenvalue weighted by Crippen LogP contribution is -2.06. The maximum atomic E-state index is 13.8. The lowest BCUT2D eigenvalue weighted by atomic mass is 10.1. The van der Waals surface area contributed by atoms with Gasteiger partial charge in [-0.05, 0) is 25.5 Å². The van der Waals surface area contributed by atoms with Crippen LogP contribution < -0.4 is 5.32 Å². The van der Waals surface area contributed by atoms with Gasteiger partial charge >= 0.3 is 0 Å². The lowest BCUT2D eigenvalue weighted by molar-refractivity contribution is 0.448. The van der Waals surface area contributed by atoms with Crippen LogP contribution in [0, 0.1) is 24.4 Å². The van der Waals surface area contributed by atoms with Crippen molar-refractivity contribution in [3.8, 4) is 11.3 Å². The Morgan fingerprint density at radius 1 is 1.10 bits per heavy atom. The standard InChI is InChI=1S/C14H14F3N3/c1-3-6-18-14-8(2)13(19-7-20-14)9-4-5-10(15)12(17)11(9)16/h4-5,7H,3,6H2,1-2H3,(H,18,19,20). The molecule has 1 aromatic carbocycles. The first-order chi connectivity index (χ1) is 9.56. The van der Waals surface area contributed by atoms with E-state index in [1.54, 1.807) is 6.92 Å². The molecule has 6 heteroatoms. The van der Waals surface area contributed by atoms with E-state index in [4.69, 9.17) is 0 Å². The Bertz CT molecular complexity index is 629. The van der Waals surface area contributed by atoms with Gasteiger partial charge in [-0.15, -0.1) is 0 Å². The third kappa shape index (κ3) is 2.59. The molecular formula is C14H14F3N3. The molecule has 0 aliphatic carbocycles. The van der Waals surface area contributed by atoms with Gasteiger partial charge in [0.1, 0.15) is 12.1 Å². The fourth-order valence-corrected chi connectivity index (χ4v) is 1.85. The third-order valence-electron chi connectivity index (χ3n) is 2.92. The molecule has 0 fully saturated rings. The van der Waals surface area contributed by atoms with E-state index in [0.29, 0.717) is 17.9 Å². The number of anilines is 1. The van der Waals surface area contributed by atoms with E-state index in [1.807, 2.05) is 6.92 Å². The summed E-state index contributed by atoms with van der Waals surface area (Å²) < 4.78 is 40.1. The van der Waals surface area contributed by atoms with E-state index in [1.165, 1.54) is 12.4 Å². The number of aromatic nitrogens is 2. The van der Waals surface area contributed by atoms with Crippen molar-refractivity contribution in [2.75, 3.05) is 11.9 Å². The number of hydrogen-bond acceptors (Lipinski definition) is 3. The average Bonchev–Trinajstić information content (AvgIpc) is 2.45. The maximum Gasteiger partial charge on any atom is 0.195 e. The number of nitrogens with zero attached hydrogens (tertiary/aromatic N) is 2. The number of rotatable bonds is 4. The van der Waals surface area contributed by atoms with Crippen LogP contribution in [-0.2, 0) is 0 Å². The minimum atomic E-state index is -1.50. The van der Waals surface area contributed by atoms with Gasteiger partial charge in [-0.2, -0.15) is 0 Å². The first kappa shape index (κ1) is 14.3. The summed E-state index contributed by atoms with van der Waals surface area (Å²) in [6.07, 6.45) is 2.17. The highest BCUT2D eigenvalue weighted by atomic mass is 19.2. The van der Waals surface area contributed by atoms with Crippen LogP contribution in [0.15, 0.2) is 18.5 Å². The third-order valence-corrected chi connectivity index (χ3v) is 2.92. The topological polar surface area (TPSA) is 37.8 Å². The summed E-state index contributed by atoms with van der Waals surface area (Å²) in [5.41, 5.74) is 0.754. The quantitative estimate of drug-likeness (QED) is 0.868. The van der Waals surface area contributed by atoms with Crippen molar-refractivity contribution in [3.63, 3.8) is 0 Å². The van der Waals surface area contributed by atoms with Gasteiger partial charge in [-0.3, -0.25) is 0 Å². The Hall–Kier alpha value is -2.11. The first-order valence-electron chi connectivity index (χ1n) is 6.25. The van der Waals surface area contributed by atoms with Crippen LogP contribution in [0.1, 0.15) is 18.9 Å². The van der Waals surface area contributed by atoms with Gasteiger partial charge in [0, 0.05) is 17.7 Å². The molecule has 2 aromatic rings. The van der Waals surface area contributed by atoms with Crippen LogP contribution in [0.2, 0.25) is 0 Å². The molecule has 0 spiro atoms. The molecule has 2 rings (SSSR count). The van der Waals surface area contributed by atoms with Gasteiger partial charge < -0.3 is 5.32 Å². The molecule has 0 bridgehead atoms. The monoisotopic (exact) mass is 281 g/mol. The van der Waals surface area contributed by atoms with Crippen LogP contribution in [0.25, 0.3) is 11.3 Å². The molecule has 0 aliphatic heterocycles. The van der Waals surface area contributed by atoms with E-state index in [-0.39, 0.29) is 11.3 Å². The van der Waals surface area contributed by atoms with E-state index in [2.05, 4.69) is 15.3 Å². The van der Waals surface area contributed by atoms with Crippen molar-refractivity contribution < 1.29 is 13.2 Å². The van der Waals surface area contributed by atoms with Crippen molar-refractivity contribution >= 4 is 5.82 Å². The Kier molecular flexibility index (Phi) is 4.22. The summed E-state index contributed by atoms with van der Waals surface area (Å²) in [5, 5.41) is 3.08. The second-order valence-corrected chi connectivity index (χ2v) is 4.35. The van der Waals surface area contributed by atoms with Crippen molar-refractivity contribution in [1.82, 2.24) is 9.97 Å². The number of nitrogens with one attached hydrogen (secondary N) is 1. The molecular weight excluding hydrogens is 267 g/mol. The first-order valence-corrected chi connectivity index (χ1v) is 6.25. The van der Waals surface area contributed by atoms with E-state index >= 15 is 0 Å². The number of halogens is 3. The zero-order chi connectivity index (χ0) is 14.7. The van der Waals surface area contributed by atoms with Crippen molar-refractivity contribution in [3.05, 3.63) is 41.5 Å². The van der Waals surface area contributed by atoms with Crippen LogP contribution in [0.3, 0.4) is 0 Å². The molecule has 0 amide bonds. The van der Waals surface area contributed by atoms with Gasteiger partial charge in [0.2, 0.25) is 0 Å². The number of hydrogen-bond donors (Lipinski definition) is 1. The van der Waals surface area contributed by atoms with Crippen LogP contribution in [0.4, 0.5) is 19.0 Å². The summed E-state index contributed by atoms with van der Waals surface area (Å²) in [7, 11) is 0. The molecule has 0 radical (unpaired) electrons. The molecule has 1 aromatic heterocycles. The van der Waals surface area contributed by atoms with Gasteiger partial charge in [0.15, 0.2) is 17.5 Å². The molecule has 1 N–H and O–H groups in total. The second kappa shape index (κ2) is 5.90. The Balaban J connectivity index is 2.51. The zero-order valence-corrected chi connectivity index (χ0v) is 11.2. The predicted molar refractivity (Wildman–Crippen MR) is 70.9 cm³/mol. The highest BCUT2D eigenvalue weighted by Gasteiger charge is 2.18. The maximum absolute atomic E-state index is 13.8. The highest BCUT2D eigenvalue weighted by Crippen LogP contribution is 2.29. The van der Waals surface area contributed by atoms with Crippen molar-refractivity contribution in [2.45, 2.75) is 20.3 Å². The normalized spacial score (nSPS) is 10.7. The molecule has 0 atom stereocenters. The van der Waals surface area contributed by atoms with Gasteiger partial charge in [-0.25, -0.2) is 23.1 Å². The van der Waals surface area contributed by atoms with Crippen LogP contribution in [-0.4, -0.2) is 16.5 Å². The molecule has 3 nitrogen and oxygen atoms in total. The average molecular weight is 281 g/mol. The molecule has 0 unspecified atom stereocenters. The predicted octanol–water partition coefficient (Wildman–Crippen LogP) is 3.69. The van der Waals surface area contributed by atoms with Gasteiger partial charge in [0.25, 0.3) is 0 Å². The molecule has 0 saturated heterocycles. The van der Waals surface area contributed by atoms with E-state index in [0.717, 1.165) is 12.5 Å².